The van der Waals surface area contributed by atoms with Gasteiger partial charge in [0.1, 0.15) is 0 Å². The molecule has 1 atom stereocenters. The average molecular weight is 243 g/mol. The third-order valence-corrected chi connectivity index (χ3v) is 2.92. The molecule has 90 valence electrons. The number of alkyl halides is 2. The fourth-order valence-corrected chi connectivity index (χ4v) is 1.83. The van der Waals surface area contributed by atoms with Crippen LogP contribution in [0.2, 0.25) is 0 Å². The molecule has 0 spiro atoms. The first-order valence-corrected chi connectivity index (χ1v) is 4.67. The summed E-state index contributed by atoms with van der Waals surface area (Å²) in [7, 11) is 0. The lowest BCUT2D eigenvalue weighted by Crippen LogP contribution is -2.26. The van der Waals surface area contributed by atoms with Crippen molar-refractivity contribution in [1.82, 2.24) is 0 Å². The maximum atomic E-state index is 13.1. The molecule has 1 fully saturated rings. The number of aliphatic carboxylic acids is 1. The van der Waals surface area contributed by atoms with Gasteiger partial charge in [0.25, 0.3) is 11.6 Å². The molecule has 0 bridgehead atoms. The lowest BCUT2D eigenvalue weighted by atomic mass is 9.95. The van der Waals surface area contributed by atoms with Crippen LogP contribution in [0.4, 0.5) is 14.5 Å². The highest BCUT2D eigenvalue weighted by molar-refractivity contribution is 5.87. The molecule has 0 amide bonds. The maximum Gasteiger partial charge on any atom is 0.320 e. The summed E-state index contributed by atoms with van der Waals surface area (Å²) in [6.07, 6.45) is -0.771. The average Bonchev–Trinajstić information content (AvgIpc) is 2.83. The topological polar surface area (TPSA) is 80.4 Å². The zero-order valence-corrected chi connectivity index (χ0v) is 8.39. The molecular formula is C10H7F2NO4. The van der Waals surface area contributed by atoms with Crippen molar-refractivity contribution in [1.29, 1.82) is 0 Å². The van der Waals surface area contributed by atoms with Gasteiger partial charge in [0, 0.05) is 18.6 Å². The van der Waals surface area contributed by atoms with Crippen molar-refractivity contribution in [2.75, 3.05) is 0 Å². The Morgan fingerprint density at radius 3 is 2.12 bits per heavy atom. The van der Waals surface area contributed by atoms with Crippen molar-refractivity contribution in [3.05, 3.63) is 39.9 Å². The van der Waals surface area contributed by atoms with Gasteiger partial charge in [-0.05, 0) is 5.56 Å². The SMILES string of the molecule is O=C(O)C1(c2ccc([N+](=O)[O-])cc2)CC1(F)F. The second kappa shape index (κ2) is 3.22. The van der Waals surface area contributed by atoms with Crippen molar-refractivity contribution in [3.8, 4) is 0 Å². The largest absolute Gasteiger partial charge is 0.480 e. The molecule has 7 heteroatoms. The van der Waals surface area contributed by atoms with E-state index in [-0.39, 0.29) is 11.3 Å². The summed E-state index contributed by atoms with van der Waals surface area (Å²) in [6.45, 7) is 0. The smallest absolute Gasteiger partial charge is 0.320 e. The zero-order chi connectivity index (χ0) is 12.8. The number of nitro benzene ring substituents is 1. The number of rotatable bonds is 3. The number of halogens is 2. The van der Waals surface area contributed by atoms with E-state index in [1.807, 2.05) is 0 Å². The lowest BCUT2D eigenvalue weighted by molar-refractivity contribution is -0.384. The molecule has 0 radical (unpaired) electrons. The summed E-state index contributed by atoms with van der Waals surface area (Å²) >= 11 is 0. The Hall–Kier alpha value is -2.05. The molecule has 1 saturated carbocycles. The molecule has 1 aromatic carbocycles. The molecule has 5 nitrogen and oxygen atoms in total. The minimum absolute atomic E-state index is 0.111. The maximum absolute atomic E-state index is 13.1. The highest BCUT2D eigenvalue weighted by Crippen LogP contribution is 2.61. The summed E-state index contributed by atoms with van der Waals surface area (Å²) in [5, 5.41) is 19.2. The molecule has 1 aromatic rings. The molecule has 1 aliphatic rings. The van der Waals surface area contributed by atoms with E-state index in [2.05, 4.69) is 0 Å². The molecule has 2 rings (SSSR count). The first-order valence-electron chi connectivity index (χ1n) is 4.67. The van der Waals surface area contributed by atoms with E-state index in [1.54, 1.807) is 0 Å². The number of nitrogens with zero attached hydrogens (tertiary/aromatic N) is 1. The lowest BCUT2D eigenvalue weighted by Gasteiger charge is -2.10. The Bertz CT molecular complexity index is 500. The van der Waals surface area contributed by atoms with Gasteiger partial charge in [-0.25, -0.2) is 8.78 Å². The molecular weight excluding hydrogens is 236 g/mol. The molecule has 0 saturated heterocycles. The van der Waals surface area contributed by atoms with Crippen LogP contribution >= 0.6 is 0 Å². The van der Waals surface area contributed by atoms with Crippen molar-refractivity contribution in [2.24, 2.45) is 0 Å². The summed E-state index contributed by atoms with van der Waals surface area (Å²) in [4.78, 5) is 20.6. The van der Waals surface area contributed by atoms with E-state index in [4.69, 9.17) is 5.11 Å². The predicted molar refractivity (Wildman–Crippen MR) is 52.0 cm³/mol. The second-order valence-corrected chi connectivity index (χ2v) is 3.90. The molecule has 0 aromatic heterocycles. The first-order chi connectivity index (χ1) is 7.81. The number of non-ortho nitro benzene ring substituents is 1. The van der Waals surface area contributed by atoms with Crippen LogP contribution < -0.4 is 0 Å². The van der Waals surface area contributed by atoms with Crippen LogP contribution in [0.5, 0.6) is 0 Å². The van der Waals surface area contributed by atoms with Crippen LogP contribution in [-0.4, -0.2) is 21.9 Å². The number of nitro groups is 1. The first kappa shape index (κ1) is 11.4. The summed E-state index contributed by atoms with van der Waals surface area (Å²) in [5.74, 6) is -4.91. The minimum atomic E-state index is -3.30. The summed E-state index contributed by atoms with van der Waals surface area (Å²) < 4.78 is 26.3. The van der Waals surface area contributed by atoms with Gasteiger partial charge in [-0.15, -0.1) is 0 Å². The Balaban J connectivity index is 2.41. The third-order valence-electron chi connectivity index (χ3n) is 2.92. The van der Waals surface area contributed by atoms with Crippen LogP contribution in [0.15, 0.2) is 24.3 Å². The van der Waals surface area contributed by atoms with E-state index < -0.39 is 28.7 Å². The fraction of sp³-hybridized carbons (Fsp3) is 0.300. The number of benzene rings is 1. The van der Waals surface area contributed by atoms with E-state index in [9.17, 15) is 23.7 Å². The standard InChI is InChI=1S/C10H7F2NO4/c11-10(12)5-9(10,8(14)15)6-1-3-7(4-2-6)13(16)17/h1-4H,5H2,(H,14,15). The van der Waals surface area contributed by atoms with Crippen LogP contribution in [-0.2, 0) is 10.2 Å². The Labute approximate surface area is 93.8 Å². The van der Waals surface area contributed by atoms with E-state index in [0.29, 0.717) is 0 Å². The Kier molecular flexibility index (Phi) is 2.17. The van der Waals surface area contributed by atoms with Crippen molar-refractivity contribution in [3.63, 3.8) is 0 Å². The number of hydrogen-bond donors (Lipinski definition) is 1. The van der Waals surface area contributed by atoms with Crippen LogP contribution in [0, 0.1) is 10.1 Å². The van der Waals surface area contributed by atoms with Crippen molar-refractivity contribution in [2.45, 2.75) is 17.8 Å². The van der Waals surface area contributed by atoms with Crippen molar-refractivity contribution < 1.29 is 23.6 Å². The van der Waals surface area contributed by atoms with Gasteiger partial charge in [-0.1, -0.05) is 12.1 Å². The Morgan fingerprint density at radius 1 is 1.35 bits per heavy atom. The number of carboxylic acids is 1. The highest BCUT2D eigenvalue weighted by Gasteiger charge is 2.77. The molecule has 0 heterocycles. The van der Waals surface area contributed by atoms with Crippen LogP contribution in [0.1, 0.15) is 12.0 Å². The van der Waals surface area contributed by atoms with E-state index in [0.717, 1.165) is 24.3 Å². The van der Waals surface area contributed by atoms with Gasteiger partial charge in [0.05, 0.1) is 4.92 Å². The predicted octanol–water partition coefficient (Wildman–Crippen LogP) is 1.96. The fourth-order valence-electron chi connectivity index (χ4n) is 1.83. The van der Waals surface area contributed by atoms with Gasteiger partial charge in [-0.2, -0.15) is 0 Å². The Morgan fingerprint density at radius 2 is 1.82 bits per heavy atom. The van der Waals surface area contributed by atoms with Gasteiger partial charge in [0.2, 0.25) is 0 Å². The summed E-state index contributed by atoms with van der Waals surface area (Å²) in [5.41, 5.74) is -2.60. The minimum Gasteiger partial charge on any atom is -0.480 e. The van der Waals surface area contributed by atoms with Gasteiger partial charge in [0.15, 0.2) is 5.41 Å². The number of carboxylic acid groups (broad SMARTS) is 1. The second-order valence-electron chi connectivity index (χ2n) is 3.90. The van der Waals surface area contributed by atoms with Crippen molar-refractivity contribution >= 4 is 11.7 Å². The highest BCUT2D eigenvalue weighted by atomic mass is 19.3. The summed E-state index contributed by atoms with van der Waals surface area (Å²) in [6, 6.07) is 4.17. The van der Waals surface area contributed by atoms with Gasteiger partial charge < -0.3 is 5.11 Å². The molecule has 1 N–H and O–H groups in total. The molecule has 1 aliphatic carbocycles. The quantitative estimate of drug-likeness (QED) is 0.649. The van der Waals surface area contributed by atoms with Crippen LogP contribution in [0.3, 0.4) is 0 Å². The van der Waals surface area contributed by atoms with Crippen LogP contribution in [0.25, 0.3) is 0 Å². The molecule has 1 unspecified atom stereocenters. The number of carbonyl (C=O) groups is 1. The number of hydrogen-bond acceptors (Lipinski definition) is 3. The normalized spacial score (nSPS) is 25.3. The molecule has 17 heavy (non-hydrogen) atoms. The monoisotopic (exact) mass is 243 g/mol. The van der Waals surface area contributed by atoms with Gasteiger partial charge >= 0.3 is 5.97 Å². The van der Waals surface area contributed by atoms with Gasteiger partial charge in [-0.3, -0.25) is 14.9 Å². The third kappa shape index (κ3) is 1.46. The zero-order valence-electron chi connectivity index (χ0n) is 8.39. The van der Waals surface area contributed by atoms with E-state index >= 15 is 0 Å². The van der Waals surface area contributed by atoms with E-state index in [1.165, 1.54) is 0 Å². The molecule has 0 aliphatic heterocycles.